The summed E-state index contributed by atoms with van der Waals surface area (Å²) in [6.45, 7) is 3.32. The number of anilines is 1. The first-order valence-corrected chi connectivity index (χ1v) is 8.12. The van der Waals surface area contributed by atoms with Gasteiger partial charge in [0.25, 0.3) is 0 Å². The van der Waals surface area contributed by atoms with Crippen LogP contribution < -0.4 is 15.0 Å². The number of carbonyl (C=O) groups is 1. The maximum Gasteiger partial charge on any atom is 0.217 e. The minimum atomic E-state index is -0.0942. The van der Waals surface area contributed by atoms with Gasteiger partial charge in [0.2, 0.25) is 5.91 Å². The zero-order valence-electron chi connectivity index (χ0n) is 14.0. The van der Waals surface area contributed by atoms with Crippen LogP contribution >= 0.6 is 0 Å². The van der Waals surface area contributed by atoms with Gasteiger partial charge < -0.3 is 15.0 Å². The molecule has 25 heavy (non-hydrogen) atoms. The largest absolute Gasteiger partial charge is 0.488 e. The molecule has 1 N–H and O–H groups in total. The smallest absolute Gasteiger partial charge is 0.217 e. The third-order valence-electron chi connectivity index (χ3n) is 3.96. The number of aromatic nitrogens is 2. The SMILES string of the molecule is CC(=O)NCc1cc(OC2CCN(c3ncccc3C#N)C2)ccn1. The van der Waals surface area contributed by atoms with Gasteiger partial charge in [-0.3, -0.25) is 9.78 Å². The molecule has 0 bridgehead atoms. The lowest BCUT2D eigenvalue weighted by Crippen LogP contribution is -2.26. The van der Waals surface area contributed by atoms with Crippen molar-refractivity contribution >= 4 is 11.7 Å². The van der Waals surface area contributed by atoms with Crippen molar-refractivity contribution in [3.05, 3.63) is 47.9 Å². The lowest BCUT2D eigenvalue weighted by Gasteiger charge is -2.19. The highest BCUT2D eigenvalue weighted by molar-refractivity contribution is 5.72. The van der Waals surface area contributed by atoms with Crippen molar-refractivity contribution in [2.45, 2.75) is 26.0 Å². The number of nitrogens with one attached hydrogen (secondary N) is 1. The molecule has 0 aliphatic carbocycles. The Morgan fingerprint density at radius 3 is 3.12 bits per heavy atom. The Morgan fingerprint density at radius 2 is 2.32 bits per heavy atom. The van der Waals surface area contributed by atoms with Gasteiger partial charge in [-0.15, -0.1) is 0 Å². The van der Waals surface area contributed by atoms with Gasteiger partial charge >= 0.3 is 0 Å². The molecule has 1 aliphatic heterocycles. The molecular weight excluding hydrogens is 318 g/mol. The number of carbonyl (C=O) groups excluding carboxylic acids is 1. The molecule has 3 heterocycles. The van der Waals surface area contributed by atoms with Crippen molar-refractivity contribution in [3.8, 4) is 11.8 Å². The van der Waals surface area contributed by atoms with Gasteiger partial charge in [0.1, 0.15) is 23.7 Å². The van der Waals surface area contributed by atoms with Gasteiger partial charge in [0.05, 0.1) is 24.3 Å². The molecule has 2 aromatic rings. The third-order valence-corrected chi connectivity index (χ3v) is 3.96. The summed E-state index contributed by atoms with van der Waals surface area (Å²) in [5, 5.41) is 11.9. The van der Waals surface area contributed by atoms with Crippen molar-refractivity contribution in [3.63, 3.8) is 0 Å². The Balaban J connectivity index is 1.63. The van der Waals surface area contributed by atoms with Crippen LogP contribution in [-0.4, -0.2) is 35.1 Å². The van der Waals surface area contributed by atoms with Gasteiger partial charge in [0, 0.05) is 38.3 Å². The number of rotatable bonds is 5. The Hall–Kier alpha value is -3.14. The van der Waals surface area contributed by atoms with Gasteiger partial charge in [-0.2, -0.15) is 5.26 Å². The molecule has 7 nitrogen and oxygen atoms in total. The highest BCUT2D eigenvalue weighted by Crippen LogP contribution is 2.24. The predicted octanol–water partition coefficient (Wildman–Crippen LogP) is 1.64. The summed E-state index contributed by atoms with van der Waals surface area (Å²) >= 11 is 0. The molecule has 0 saturated carbocycles. The monoisotopic (exact) mass is 337 g/mol. The maximum atomic E-state index is 11.0. The second-order valence-electron chi connectivity index (χ2n) is 5.85. The van der Waals surface area contributed by atoms with Crippen LogP contribution in [-0.2, 0) is 11.3 Å². The molecule has 1 aliphatic rings. The molecule has 128 valence electrons. The molecule has 0 spiro atoms. The van der Waals surface area contributed by atoms with E-state index in [2.05, 4.69) is 26.3 Å². The van der Waals surface area contributed by atoms with E-state index in [-0.39, 0.29) is 12.0 Å². The first-order valence-electron chi connectivity index (χ1n) is 8.12. The second-order valence-corrected chi connectivity index (χ2v) is 5.85. The van der Waals surface area contributed by atoms with E-state index in [0.29, 0.717) is 24.5 Å². The quantitative estimate of drug-likeness (QED) is 0.892. The number of ether oxygens (including phenoxy) is 1. The fourth-order valence-corrected chi connectivity index (χ4v) is 2.79. The molecule has 0 aromatic carbocycles. The van der Waals surface area contributed by atoms with Crippen molar-refractivity contribution < 1.29 is 9.53 Å². The maximum absolute atomic E-state index is 11.0. The lowest BCUT2D eigenvalue weighted by atomic mass is 10.2. The number of nitriles is 1. The summed E-state index contributed by atoms with van der Waals surface area (Å²) in [7, 11) is 0. The number of nitrogens with zero attached hydrogens (tertiary/aromatic N) is 4. The molecule has 2 aromatic heterocycles. The Kier molecular flexibility index (Phi) is 5.09. The summed E-state index contributed by atoms with van der Waals surface area (Å²) in [6.07, 6.45) is 4.24. The average molecular weight is 337 g/mol. The van der Waals surface area contributed by atoms with Crippen LogP contribution in [0.5, 0.6) is 5.75 Å². The zero-order valence-corrected chi connectivity index (χ0v) is 14.0. The number of hydrogen-bond acceptors (Lipinski definition) is 6. The van der Waals surface area contributed by atoms with E-state index in [0.717, 1.165) is 24.4 Å². The first-order chi connectivity index (χ1) is 12.2. The van der Waals surface area contributed by atoms with Crippen LogP contribution in [0.4, 0.5) is 5.82 Å². The molecule has 3 rings (SSSR count). The lowest BCUT2D eigenvalue weighted by molar-refractivity contribution is -0.119. The van der Waals surface area contributed by atoms with E-state index >= 15 is 0 Å². The molecule has 7 heteroatoms. The van der Waals surface area contributed by atoms with Gasteiger partial charge in [-0.05, 0) is 18.2 Å². The molecule has 1 saturated heterocycles. The second kappa shape index (κ2) is 7.62. The minimum Gasteiger partial charge on any atom is -0.488 e. The number of hydrogen-bond donors (Lipinski definition) is 1. The van der Waals surface area contributed by atoms with E-state index in [1.807, 2.05) is 6.07 Å². The van der Waals surface area contributed by atoms with E-state index < -0.39 is 0 Å². The molecule has 0 radical (unpaired) electrons. The van der Waals surface area contributed by atoms with Crippen molar-refractivity contribution in [1.29, 1.82) is 5.26 Å². The van der Waals surface area contributed by atoms with Crippen LogP contribution in [0.3, 0.4) is 0 Å². The van der Waals surface area contributed by atoms with Crippen LogP contribution in [0, 0.1) is 11.3 Å². The first kappa shape index (κ1) is 16.7. The van der Waals surface area contributed by atoms with E-state index in [1.165, 1.54) is 6.92 Å². The summed E-state index contributed by atoms with van der Waals surface area (Å²) in [6, 6.07) is 9.36. The summed E-state index contributed by atoms with van der Waals surface area (Å²) in [5.41, 5.74) is 1.32. The molecular formula is C18H19N5O2. The van der Waals surface area contributed by atoms with Crippen LogP contribution in [0.15, 0.2) is 36.7 Å². The topological polar surface area (TPSA) is 91.1 Å². The number of amides is 1. The third kappa shape index (κ3) is 4.23. The standard InChI is InChI=1S/C18H19N5O2/c1-13(24)22-11-15-9-16(4-7-20-15)25-17-5-8-23(12-17)18-14(10-19)3-2-6-21-18/h2-4,6-7,9,17H,5,8,11-12H2,1H3,(H,22,24). The predicted molar refractivity (Wildman–Crippen MR) is 92.0 cm³/mol. The highest BCUT2D eigenvalue weighted by Gasteiger charge is 2.26. The summed E-state index contributed by atoms with van der Waals surface area (Å²) < 4.78 is 6.04. The molecule has 1 amide bonds. The normalized spacial score (nSPS) is 16.3. The average Bonchev–Trinajstić information content (AvgIpc) is 3.08. The van der Waals surface area contributed by atoms with Crippen molar-refractivity contribution in [1.82, 2.24) is 15.3 Å². The highest BCUT2D eigenvalue weighted by atomic mass is 16.5. The molecule has 1 atom stereocenters. The van der Waals surface area contributed by atoms with Gasteiger partial charge in [-0.25, -0.2) is 4.98 Å². The van der Waals surface area contributed by atoms with Crippen LogP contribution in [0.2, 0.25) is 0 Å². The molecule has 1 unspecified atom stereocenters. The summed E-state index contributed by atoms with van der Waals surface area (Å²) in [5.74, 6) is 1.34. The van der Waals surface area contributed by atoms with E-state index in [4.69, 9.17) is 4.74 Å². The summed E-state index contributed by atoms with van der Waals surface area (Å²) in [4.78, 5) is 21.6. The van der Waals surface area contributed by atoms with Crippen molar-refractivity contribution in [2.24, 2.45) is 0 Å². The fourth-order valence-electron chi connectivity index (χ4n) is 2.79. The Bertz CT molecular complexity index is 802. The minimum absolute atomic E-state index is 0.0181. The zero-order chi connectivity index (χ0) is 17.6. The van der Waals surface area contributed by atoms with Crippen LogP contribution in [0.25, 0.3) is 0 Å². The van der Waals surface area contributed by atoms with Crippen molar-refractivity contribution in [2.75, 3.05) is 18.0 Å². The van der Waals surface area contributed by atoms with E-state index in [9.17, 15) is 10.1 Å². The van der Waals surface area contributed by atoms with Gasteiger partial charge in [-0.1, -0.05) is 0 Å². The van der Waals surface area contributed by atoms with Gasteiger partial charge in [0.15, 0.2) is 0 Å². The fraction of sp³-hybridized carbons (Fsp3) is 0.333. The number of pyridine rings is 2. The Morgan fingerprint density at radius 1 is 1.44 bits per heavy atom. The van der Waals surface area contributed by atoms with E-state index in [1.54, 1.807) is 30.6 Å². The Labute approximate surface area is 146 Å². The van der Waals surface area contributed by atoms with Crippen LogP contribution in [0.1, 0.15) is 24.6 Å². The molecule has 1 fully saturated rings.